The van der Waals surface area contributed by atoms with Crippen LogP contribution in [-0.2, 0) is 14.3 Å². The van der Waals surface area contributed by atoms with Gasteiger partial charge in [0.25, 0.3) is 0 Å². The van der Waals surface area contributed by atoms with Gasteiger partial charge in [-0.25, -0.2) is 4.79 Å². The van der Waals surface area contributed by atoms with Crippen molar-refractivity contribution in [1.82, 2.24) is 0 Å². The number of amides is 2. The summed E-state index contributed by atoms with van der Waals surface area (Å²) in [6.07, 6.45) is 2.16. The van der Waals surface area contributed by atoms with Gasteiger partial charge in [0.2, 0.25) is 11.8 Å². The lowest BCUT2D eigenvalue weighted by molar-refractivity contribution is -0.122. The van der Waals surface area contributed by atoms with E-state index in [2.05, 4.69) is 12.1 Å². The molecule has 1 saturated carbocycles. The minimum atomic E-state index is -0.684. The van der Waals surface area contributed by atoms with Crippen molar-refractivity contribution in [3.05, 3.63) is 102 Å². The summed E-state index contributed by atoms with van der Waals surface area (Å²) in [5.41, 5.74) is 2.19. The van der Waals surface area contributed by atoms with Gasteiger partial charge in [-0.3, -0.25) is 19.3 Å². The second-order valence-electron chi connectivity index (χ2n) is 9.06. The topological polar surface area (TPSA) is 80.8 Å². The first kappa shape index (κ1) is 22.7. The minimum absolute atomic E-state index is 0.181. The van der Waals surface area contributed by atoms with Crippen LogP contribution in [0.15, 0.2) is 84.9 Å². The molecule has 2 aliphatic rings. The normalized spacial score (nSPS) is 21.5. The van der Waals surface area contributed by atoms with Gasteiger partial charge in [0.1, 0.15) is 0 Å². The number of nitrogens with zero attached hydrogens (tertiary/aromatic N) is 1. The molecule has 0 spiro atoms. The molecule has 2 fully saturated rings. The Balaban J connectivity index is 1.29. The molecule has 1 heterocycles. The van der Waals surface area contributed by atoms with E-state index >= 15 is 0 Å². The molecule has 1 aliphatic heterocycles. The number of hydrogen-bond acceptors (Lipinski definition) is 5. The molecule has 0 radical (unpaired) electrons. The SMILES string of the molecule is O=C(COC(=O)c1cccc(N2C(=O)[C@H]3C[C@@H](c4ccccc4)CC[C@H]3C2=O)c1)c1ccccc1. The molecule has 6 nitrogen and oxygen atoms in total. The second kappa shape index (κ2) is 9.66. The summed E-state index contributed by atoms with van der Waals surface area (Å²) < 4.78 is 5.20. The van der Waals surface area contributed by atoms with Crippen LogP contribution in [0.4, 0.5) is 5.69 Å². The first-order valence-electron chi connectivity index (χ1n) is 11.8. The van der Waals surface area contributed by atoms with Gasteiger partial charge in [-0.1, -0.05) is 66.7 Å². The van der Waals surface area contributed by atoms with Gasteiger partial charge in [0, 0.05) is 5.56 Å². The summed E-state index contributed by atoms with van der Waals surface area (Å²) in [6.45, 7) is -0.389. The van der Waals surface area contributed by atoms with E-state index in [1.54, 1.807) is 48.5 Å². The van der Waals surface area contributed by atoms with Gasteiger partial charge in [-0.15, -0.1) is 0 Å². The second-order valence-corrected chi connectivity index (χ2v) is 9.06. The number of esters is 1. The summed E-state index contributed by atoms with van der Waals surface area (Å²) in [6, 6.07) is 25.0. The third kappa shape index (κ3) is 4.52. The van der Waals surface area contributed by atoms with Crippen molar-refractivity contribution in [2.75, 3.05) is 11.5 Å². The van der Waals surface area contributed by atoms with Crippen molar-refractivity contribution in [3.63, 3.8) is 0 Å². The lowest BCUT2D eigenvalue weighted by Crippen LogP contribution is -2.31. The van der Waals surface area contributed by atoms with Crippen LogP contribution in [0.5, 0.6) is 0 Å². The Kier molecular flexibility index (Phi) is 6.27. The van der Waals surface area contributed by atoms with Gasteiger partial charge in [-0.05, 0) is 48.9 Å². The maximum Gasteiger partial charge on any atom is 0.338 e. The summed E-state index contributed by atoms with van der Waals surface area (Å²) >= 11 is 0. The van der Waals surface area contributed by atoms with Gasteiger partial charge in [-0.2, -0.15) is 0 Å². The molecule has 3 aromatic carbocycles. The quantitative estimate of drug-likeness (QED) is 0.296. The highest BCUT2D eigenvalue weighted by Gasteiger charge is 2.50. The number of benzene rings is 3. The molecule has 3 atom stereocenters. The molecule has 35 heavy (non-hydrogen) atoms. The van der Waals surface area contributed by atoms with Crippen molar-refractivity contribution in [2.24, 2.45) is 11.8 Å². The Morgan fingerprint density at radius 2 is 1.43 bits per heavy atom. The molecular formula is C29H25NO5. The van der Waals surface area contributed by atoms with Crippen LogP contribution in [0, 0.1) is 11.8 Å². The molecule has 2 amide bonds. The van der Waals surface area contributed by atoms with Crippen LogP contribution < -0.4 is 4.90 Å². The highest BCUT2D eigenvalue weighted by atomic mass is 16.5. The fraction of sp³-hybridized carbons (Fsp3) is 0.241. The third-order valence-electron chi connectivity index (χ3n) is 6.97. The van der Waals surface area contributed by atoms with Crippen molar-refractivity contribution in [3.8, 4) is 0 Å². The number of anilines is 1. The highest BCUT2D eigenvalue weighted by molar-refractivity contribution is 6.22. The first-order valence-corrected chi connectivity index (χ1v) is 11.8. The predicted molar refractivity (Wildman–Crippen MR) is 130 cm³/mol. The Labute approximate surface area is 203 Å². The van der Waals surface area contributed by atoms with E-state index in [1.165, 1.54) is 16.5 Å². The molecule has 1 saturated heterocycles. The maximum absolute atomic E-state index is 13.3. The number of imide groups is 1. The van der Waals surface area contributed by atoms with E-state index < -0.39 is 5.97 Å². The molecule has 0 N–H and O–H groups in total. The molecular weight excluding hydrogens is 442 g/mol. The number of fused-ring (bicyclic) bond motifs is 1. The average molecular weight is 468 g/mol. The van der Waals surface area contributed by atoms with E-state index in [1.807, 2.05) is 18.2 Å². The van der Waals surface area contributed by atoms with Crippen molar-refractivity contribution >= 4 is 29.3 Å². The predicted octanol–water partition coefficient (Wildman–Crippen LogP) is 4.80. The van der Waals surface area contributed by atoms with E-state index in [0.717, 1.165) is 6.42 Å². The highest BCUT2D eigenvalue weighted by Crippen LogP contribution is 2.45. The monoisotopic (exact) mass is 467 g/mol. The van der Waals surface area contributed by atoms with Crippen LogP contribution in [0.25, 0.3) is 0 Å². The zero-order chi connectivity index (χ0) is 24.4. The molecule has 0 aromatic heterocycles. The Bertz CT molecular complexity index is 1270. The lowest BCUT2D eigenvalue weighted by atomic mass is 9.73. The van der Waals surface area contributed by atoms with E-state index in [-0.39, 0.29) is 47.5 Å². The number of ketones is 1. The summed E-state index contributed by atoms with van der Waals surface area (Å²) in [7, 11) is 0. The summed E-state index contributed by atoms with van der Waals surface area (Å²) in [5, 5.41) is 0. The van der Waals surface area contributed by atoms with Gasteiger partial charge in [0.15, 0.2) is 12.4 Å². The smallest absolute Gasteiger partial charge is 0.338 e. The summed E-state index contributed by atoms with van der Waals surface area (Å²) in [5.74, 6) is -1.87. The Morgan fingerprint density at radius 3 is 2.17 bits per heavy atom. The van der Waals surface area contributed by atoms with E-state index in [9.17, 15) is 19.2 Å². The van der Waals surface area contributed by atoms with Crippen LogP contribution in [0.3, 0.4) is 0 Å². The third-order valence-corrected chi connectivity index (χ3v) is 6.97. The van der Waals surface area contributed by atoms with Gasteiger partial charge < -0.3 is 4.74 Å². The average Bonchev–Trinajstić information content (AvgIpc) is 3.17. The van der Waals surface area contributed by atoms with Crippen LogP contribution in [-0.4, -0.2) is 30.2 Å². The maximum atomic E-state index is 13.3. The molecule has 3 aromatic rings. The van der Waals surface area contributed by atoms with Crippen LogP contribution in [0.2, 0.25) is 0 Å². The van der Waals surface area contributed by atoms with E-state index in [0.29, 0.717) is 24.1 Å². The van der Waals surface area contributed by atoms with Crippen molar-refractivity contribution < 1.29 is 23.9 Å². The number of ether oxygens (including phenoxy) is 1. The van der Waals surface area contributed by atoms with Gasteiger partial charge >= 0.3 is 5.97 Å². The molecule has 5 rings (SSSR count). The van der Waals surface area contributed by atoms with Crippen molar-refractivity contribution in [1.29, 1.82) is 0 Å². The Hall–Kier alpha value is -4.06. The molecule has 1 aliphatic carbocycles. The largest absolute Gasteiger partial charge is 0.454 e. The molecule has 176 valence electrons. The minimum Gasteiger partial charge on any atom is -0.454 e. The molecule has 0 bridgehead atoms. The number of hydrogen-bond donors (Lipinski definition) is 0. The van der Waals surface area contributed by atoms with Crippen LogP contribution in [0.1, 0.15) is 51.5 Å². The number of carbonyl (C=O) groups excluding carboxylic acids is 4. The number of rotatable bonds is 6. The molecule has 6 heteroatoms. The van der Waals surface area contributed by atoms with Crippen molar-refractivity contribution in [2.45, 2.75) is 25.2 Å². The zero-order valence-corrected chi connectivity index (χ0v) is 19.1. The zero-order valence-electron chi connectivity index (χ0n) is 19.1. The van der Waals surface area contributed by atoms with Crippen LogP contribution >= 0.6 is 0 Å². The number of Topliss-reactive ketones (excluding diaryl/α,β-unsaturated/α-hetero) is 1. The summed E-state index contributed by atoms with van der Waals surface area (Å²) in [4.78, 5) is 52.6. The van der Waals surface area contributed by atoms with Gasteiger partial charge in [0.05, 0.1) is 23.1 Å². The van der Waals surface area contributed by atoms with E-state index in [4.69, 9.17) is 4.74 Å². The molecule has 0 unspecified atom stereocenters. The lowest BCUT2D eigenvalue weighted by Gasteiger charge is -2.28. The Morgan fingerprint density at radius 1 is 0.771 bits per heavy atom. The first-order chi connectivity index (χ1) is 17.0. The fourth-order valence-corrected chi connectivity index (χ4v) is 5.16. The fourth-order valence-electron chi connectivity index (χ4n) is 5.16. The number of carbonyl (C=O) groups is 4. The standard InChI is InChI=1S/C29H25NO5/c31-26(20-10-5-2-6-11-20)18-35-29(34)22-12-7-13-23(16-22)30-27(32)24-15-14-21(17-25(24)28(30)33)19-8-3-1-4-9-19/h1-13,16,21,24-25H,14-15,17-18H2/t21-,24+,25-/m0/s1.